The lowest BCUT2D eigenvalue weighted by molar-refractivity contribution is 0.135. The summed E-state index contributed by atoms with van der Waals surface area (Å²) in [6.45, 7) is 2.79. The van der Waals surface area contributed by atoms with Crippen LogP contribution >= 0.6 is 0 Å². The molecule has 1 amide bonds. The third kappa shape index (κ3) is 4.97. The summed E-state index contributed by atoms with van der Waals surface area (Å²) >= 11 is 0. The van der Waals surface area contributed by atoms with Crippen molar-refractivity contribution in [1.29, 1.82) is 0 Å². The van der Waals surface area contributed by atoms with Gasteiger partial charge in [0.2, 0.25) is 0 Å². The summed E-state index contributed by atoms with van der Waals surface area (Å²) in [5.41, 5.74) is 2.25. The number of carbonyl (C=O) groups is 1. The Morgan fingerprint density at radius 1 is 1.28 bits per heavy atom. The van der Waals surface area contributed by atoms with Crippen LogP contribution in [0, 0.1) is 0 Å². The number of nitrogens with zero attached hydrogens (tertiary/aromatic N) is 3. The summed E-state index contributed by atoms with van der Waals surface area (Å²) in [5, 5.41) is 27.7. The monoisotopic (exact) mass is 398 g/mol. The van der Waals surface area contributed by atoms with E-state index in [9.17, 15) is 15.0 Å². The van der Waals surface area contributed by atoms with E-state index in [1.807, 2.05) is 37.3 Å². The molecule has 1 unspecified atom stereocenters. The van der Waals surface area contributed by atoms with Crippen LogP contribution in [0.2, 0.25) is 0 Å². The molecule has 0 aliphatic heterocycles. The van der Waals surface area contributed by atoms with Crippen molar-refractivity contribution in [3.8, 4) is 5.75 Å². The van der Waals surface area contributed by atoms with E-state index in [4.69, 9.17) is 4.74 Å². The summed E-state index contributed by atoms with van der Waals surface area (Å²) < 4.78 is 7.00. The SMILES string of the molecule is CC(Cn1ncc2ccc(O)c(N(C)CCO)c21)NC(=O)OCc1ccccc1. The number of alkyl carbamates (subject to hydrolysis) is 1. The minimum atomic E-state index is -0.502. The molecule has 0 aliphatic carbocycles. The number of ether oxygens (including phenoxy) is 1. The van der Waals surface area contributed by atoms with Crippen LogP contribution in [0.3, 0.4) is 0 Å². The summed E-state index contributed by atoms with van der Waals surface area (Å²) in [5.74, 6) is 0.109. The van der Waals surface area contributed by atoms with Gasteiger partial charge in [0.15, 0.2) is 0 Å². The van der Waals surface area contributed by atoms with Gasteiger partial charge >= 0.3 is 6.09 Å². The summed E-state index contributed by atoms with van der Waals surface area (Å²) in [4.78, 5) is 13.9. The highest BCUT2D eigenvalue weighted by atomic mass is 16.5. The number of anilines is 1. The van der Waals surface area contributed by atoms with Gasteiger partial charge < -0.3 is 25.2 Å². The zero-order valence-electron chi connectivity index (χ0n) is 16.6. The van der Waals surface area contributed by atoms with Gasteiger partial charge in [-0.15, -0.1) is 0 Å². The molecule has 1 aromatic heterocycles. The minimum absolute atomic E-state index is 0.0360. The summed E-state index contributed by atoms with van der Waals surface area (Å²) in [6.07, 6.45) is 1.21. The van der Waals surface area contributed by atoms with Gasteiger partial charge in [-0.2, -0.15) is 5.10 Å². The van der Waals surface area contributed by atoms with E-state index >= 15 is 0 Å². The summed E-state index contributed by atoms with van der Waals surface area (Å²) in [7, 11) is 1.80. The van der Waals surface area contributed by atoms with Crippen LogP contribution in [0.25, 0.3) is 10.9 Å². The minimum Gasteiger partial charge on any atom is -0.506 e. The lowest BCUT2D eigenvalue weighted by atomic mass is 10.2. The van der Waals surface area contributed by atoms with Crippen molar-refractivity contribution in [3.63, 3.8) is 0 Å². The van der Waals surface area contributed by atoms with Gasteiger partial charge in [-0.3, -0.25) is 4.68 Å². The Kier molecular flexibility index (Phi) is 6.56. The average molecular weight is 398 g/mol. The number of carbonyl (C=O) groups excluding carboxylic acids is 1. The molecule has 8 nitrogen and oxygen atoms in total. The number of aromatic nitrogens is 2. The second-order valence-electron chi connectivity index (χ2n) is 6.95. The van der Waals surface area contributed by atoms with Crippen LogP contribution in [-0.4, -0.2) is 52.3 Å². The molecular weight excluding hydrogens is 372 g/mol. The molecule has 0 bridgehead atoms. The van der Waals surface area contributed by atoms with Gasteiger partial charge in [0.25, 0.3) is 0 Å². The second kappa shape index (κ2) is 9.29. The van der Waals surface area contributed by atoms with Crippen LogP contribution in [-0.2, 0) is 17.9 Å². The number of aromatic hydroxyl groups is 1. The first-order valence-electron chi connectivity index (χ1n) is 9.46. The number of likely N-dealkylation sites (N-methyl/N-ethyl adjacent to an activating group) is 1. The van der Waals surface area contributed by atoms with E-state index in [0.717, 1.165) is 16.5 Å². The van der Waals surface area contributed by atoms with E-state index in [-0.39, 0.29) is 25.0 Å². The predicted molar refractivity (Wildman–Crippen MR) is 111 cm³/mol. The molecule has 2 aromatic carbocycles. The predicted octanol–water partition coefficient (Wildman–Crippen LogP) is 2.49. The molecule has 1 heterocycles. The highest BCUT2D eigenvalue weighted by Crippen LogP contribution is 2.34. The van der Waals surface area contributed by atoms with Gasteiger partial charge in [-0.1, -0.05) is 30.3 Å². The zero-order chi connectivity index (χ0) is 20.8. The largest absolute Gasteiger partial charge is 0.506 e. The fourth-order valence-electron chi connectivity index (χ4n) is 3.20. The van der Waals surface area contributed by atoms with Crippen LogP contribution in [0.5, 0.6) is 5.75 Å². The first kappa shape index (κ1) is 20.5. The smallest absolute Gasteiger partial charge is 0.407 e. The molecule has 0 saturated carbocycles. The van der Waals surface area contributed by atoms with Crippen molar-refractivity contribution < 1.29 is 19.7 Å². The van der Waals surface area contributed by atoms with Gasteiger partial charge in [-0.25, -0.2) is 4.79 Å². The Labute approximate surface area is 169 Å². The van der Waals surface area contributed by atoms with Crippen LogP contribution in [0.1, 0.15) is 12.5 Å². The van der Waals surface area contributed by atoms with Crippen LogP contribution < -0.4 is 10.2 Å². The Hall–Kier alpha value is -3.26. The molecule has 3 aromatic rings. The molecule has 154 valence electrons. The molecule has 3 N–H and O–H groups in total. The molecule has 0 saturated heterocycles. The fourth-order valence-corrected chi connectivity index (χ4v) is 3.20. The number of benzene rings is 2. The molecule has 3 rings (SSSR count). The third-order valence-corrected chi connectivity index (χ3v) is 4.60. The van der Waals surface area contributed by atoms with Crippen molar-refractivity contribution in [2.45, 2.75) is 26.1 Å². The number of phenols is 1. The Morgan fingerprint density at radius 3 is 2.76 bits per heavy atom. The Bertz CT molecular complexity index is 958. The highest BCUT2D eigenvalue weighted by molar-refractivity contribution is 5.94. The molecule has 1 atom stereocenters. The van der Waals surface area contributed by atoms with E-state index in [0.29, 0.717) is 18.8 Å². The third-order valence-electron chi connectivity index (χ3n) is 4.60. The van der Waals surface area contributed by atoms with Crippen molar-refractivity contribution in [2.75, 3.05) is 25.1 Å². The van der Waals surface area contributed by atoms with Crippen LogP contribution in [0.4, 0.5) is 10.5 Å². The van der Waals surface area contributed by atoms with Crippen molar-refractivity contribution in [2.24, 2.45) is 0 Å². The molecule has 29 heavy (non-hydrogen) atoms. The highest BCUT2D eigenvalue weighted by Gasteiger charge is 2.18. The zero-order valence-corrected chi connectivity index (χ0v) is 16.6. The van der Waals surface area contributed by atoms with E-state index in [1.165, 1.54) is 0 Å². The molecule has 8 heteroatoms. The normalized spacial score (nSPS) is 12.0. The van der Waals surface area contributed by atoms with E-state index in [1.54, 1.807) is 35.0 Å². The average Bonchev–Trinajstić information content (AvgIpc) is 3.09. The maximum absolute atomic E-state index is 12.1. The van der Waals surface area contributed by atoms with E-state index in [2.05, 4.69) is 10.4 Å². The number of aliphatic hydroxyl groups is 1. The van der Waals surface area contributed by atoms with Crippen molar-refractivity contribution in [1.82, 2.24) is 15.1 Å². The molecule has 0 spiro atoms. The lowest BCUT2D eigenvalue weighted by Gasteiger charge is -2.22. The standard InChI is InChI=1S/C21H26N4O4/c1-15(23-21(28)29-14-16-6-4-3-5-7-16)13-25-19-17(12-22-25)8-9-18(27)20(19)24(2)10-11-26/h3-9,12,15,26-27H,10-11,13-14H2,1-2H3,(H,23,28). The number of fused-ring (bicyclic) bond motifs is 1. The van der Waals surface area contributed by atoms with Crippen molar-refractivity contribution >= 4 is 22.7 Å². The summed E-state index contributed by atoms with van der Waals surface area (Å²) in [6, 6.07) is 12.6. The topological polar surface area (TPSA) is 99.9 Å². The fraction of sp³-hybridized carbons (Fsp3) is 0.333. The molecule has 0 radical (unpaired) electrons. The number of rotatable bonds is 8. The second-order valence-corrected chi connectivity index (χ2v) is 6.95. The first-order chi connectivity index (χ1) is 14.0. The first-order valence-corrected chi connectivity index (χ1v) is 9.46. The number of phenolic OH excluding ortho intramolecular Hbond substituents is 1. The number of hydrogen-bond donors (Lipinski definition) is 3. The van der Waals surface area contributed by atoms with Gasteiger partial charge in [-0.05, 0) is 24.6 Å². The quantitative estimate of drug-likeness (QED) is 0.539. The number of nitrogens with one attached hydrogen (secondary N) is 1. The van der Waals surface area contributed by atoms with Gasteiger partial charge in [0.1, 0.15) is 18.0 Å². The lowest BCUT2D eigenvalue weighted by Crippen LogP contribution is -2.36. The molecule has 0 fully saturated rings. The van der Waals surface area contributed by atoms with Crippen molar-refractivity contribution in [3.05, 3.63) is 54.2 Å². The van der Waals surface area contributed by atoms with Gasteiger partial charge in [0, 0.05) is 25.0 Å². The number of amides is 1. The van der Waals surface area contributed by atoms with Gasteiger partial charge in [0.05, 0.1) is 24.9 Å². The van der Waals surface area contributed by atoms with E-state index < -0.39 is 6.09 Å². The maximum Gasteiger partial charge on any atom is 0.407 e. The maximum atomic E-state index is 12.1. The van der Waals surface area contributed by atoms with Crippen LogP contribution in [0.15, 0.2) is 48.7 Å². The Balaban J connectivity index is 1.69. The number of hydrogen-bond acceptors (Lipinski definition) is 6. The Morgan fingerprint density at radius 2 is 2.03 bits per heavy atom. The molecule has 0 aliphatic rings. The number of aliphatic hydroxyl groups excluding tert-OH is 1. The molecular formula is C21H26N4O4.